The van der Waals surface area contributed by atoms with Crippen LogP contribution in [0.15, 0.2) is 51.4 Å². The van der Waals surface area contributed by atoms with E-state index in [0.717, 1.165) is 5.56 Å². The Hall–Kier alpha value is -2.93. The van der Waals surface area contributed by atoms with Gasteiger partial charge < -0.3 is 18.9 Å². The van der Waals surface area contributed by atoms with Crippen molar-refractivity contribution in [1.82, 2.24) is 15.0 Å². The maximum Gasteiger partial charge on any atom is 0.289 e. The van der Waals surface area contributed by atoms with Gasteiger partial charge in [0.25, 0.3) is 5.91 Å². The summed E-state index contributed by atoms with van der Waals surface area (Å²) in [4.78, 5) is 17.9. The molecule has 7 heteroatoms. The Morgan fingerprint density at radius 1 is 1.22 bits per heavy atom. The second-order valence-corrected chi connectivity index (χ2v) is 4.96. The molecule has 118 valence electrons. The fourth-order valence-corrected chi connectivity index (χ4v) is 2.06. The number of hydrogen-bond acceptors (Lipinski definition) is 6. The normalized spacial score (nSPS) is 10.7. The van der Waals surface area contributed by atoms with Crippen LogP contribution < -0.4 is 0 Å². The highest BCUT2D eigenvalue weighted by Gasteiger charge is 2.19. The average molecular weight is 313 g/mol. The highest BCUT2D eigenvalue weighted by atomic mass is 16.5. The van der Waals surface area contributed by atoms with E-state index in [9.17, 15) is 4.79 Å². The van der Waals surface area contributed by atoms with Crippen molar-refractivity contribution >= 4 is 5.91 Å². The lowest BCUT2D eigenvalue weighted by molar-refractivity contribution is 0.0733. The van der Waals surface area contributed by atoms with Gasteiger partial charge in [0.1, 0.15) is 18.9 Å². The van der Waals surface area contributed by atoms with Crippen molar-refractivity contribution in [3.05, 3.63) is 59.9 Å². The van der Waals surface area contributed by atoms with Gasteiger partial charge in [0, 0.05) is 12.6 Å². The van der Waals surface area contributed by atoms with Gasteiger partial charge in [0.2, 0.25) is 11.7 Å². The summed E-state index contributed by atoms with van der Waals surface area (Å²) in [5, 5.41) is 12.9. The second-order valence-electron chi connectivity index (χ2n) is 4.96. The molecule has 0 saturated carbocycles. The van der Waals surface area contributed by atoms with Crippen molar-refractivity contribution in [2.75, 3.05) is 7.05 Å². The standard InChI is InChI=1S/C16H15N3O4/c1-19(16(21)13-8-7-12(10-20)22-13)9-14-17-15(18-23-14)11-5-3-2-4-6-11/h2-8,20H,9-10H2,1H3. The van der Waals surface area contributed by atoms with Crippen molar-refractivity contribution in [3.63, 3.8) is 0 Å². The Kier molecular flexibility index (Phi) is 4.20. The maximum absolute atomic E-state index is 12.2. The lowest BCUT2D eigenvalue weighted by atomic mass is 10.2. The summed E-state index contributed by atoms with van der Waals surface area (Å²) < 4.78 is 10.4. The van der Waals surface area contributed by atoms with Gasteiger partial charge in [-0.05, 0) is 12.1 Å². The lowest BCUT2D eigenvalue weighted by Crippen LogP contribution is -2.25. The van der Waals surface area contributed by atoms with Crippen molar-refractivity contribution in [2.45, 2.75) is 13.2 Å². The molecule has 7 nitrogen and oxygen atoms in total. The molecule has 0 radical (unpaired) electrons. The van der Waals surface area contributed by atoms with Crippen LogP contribution in [-0.4, -0.2) is 33.1 Å². The zero-order chi connectivity index (χ0) is 16.2. The molecule has 3 aromatic rings. The summed E-state index contributed by atoms with van der Waals surface area (Å²) in [5.41, 5.74) is 0.843. The van der Waals surface area contributed by atoms with Crippen molar-refractivity contribution in [1.29, 1.82) is 0 Å². The van der Waals surface area contributed by atoms with Gasteiger partial charge >= 0.3 is 0 Å². The fraction of sp³-hybridized carbons (Fsp3) is 0.188. The van der Waals surface area contributed by atoms with Crippen molar-refractivity contribution in [2.24, 2.45) is 0 Å². The Balaban J connectivity index is 1.69. The molecule has 0 aliphatic rings. The summed E-state index contributed by atoms with van der Waals surface area (Å²) in [6.45, 7) is -0.0884. The first-order valence-corrected chi connectivity index (χ1v) is 7.00. The van der Waals surface area contributed by atoms with E-state index in [4.69, 9.17) is 14.0 Å². The summed E-state index contributed by atoms with van der Waals surface area (Å²) >= 11 is 0. The molecule has 2 aromatic heterocycles. The predicted molar refractivity (Wildman–Crippen MR) is 80.2 cm³/mol. The number of aliphatic hydroxyl groups is 1. The fourth-order valence-electron chi connectivity index (χ4n) is 2.06. The Morgan fingerprint density at radius 2 is 2.00 bits per heavy atom. The third-order valence-electron chi connectivity index (χ3n) is 3.25. The highest BCUT2D eigenvalue weighted by molar-refractivity contribution is 5.91. The minimum atomic E-state index is -0.329. The molecular weight excluding hydrogens is 298 g/mol. The molecule has 0 fully saturated rings. The molecule has 3 rings (SSSR count). The van der Waals surface area contributed by atoms with E-state index in [2.05, 4.69) is 10.1 Å². The molecule has 1 aromatic carbocycles. The third kappa shape index (κ3) is 3.29. The number of carbonyl (C=O) groups excluding carboxylic acids is 1. The minimum Gasteiger partial charge on any atom is -0.453 e. The zero-order valence-corrected chi connectivity index (χ0v) is 12.5. The van der Waals surface area contributed by atoms with E-state index >= 15 is 0 Å². The SMILES string of the molecule is CN(Cc1nc(-c2ccccc2)no1)C(=O)c1ccc(CO)o1. The van der Waals surface area contributed by atoms with Gasteiger partial charge in [0.15, 0.2) is 5.76 Å². The third-order valence-corrected chi connectivity index (χ3v) is 3.25. The van der Waals surface area contributed by atoms with Crippen molar-refractivity contribution < 1.29 is 18.8 Å². The van der Waals surface area contributed by atoms with Crippen LogP contribution in [0.1, 0.15) is 22.2 Å². The zero-order valence-electron chi connectivity index (χ0n) is 12.5. The molecule has 0 unspecified atom stereocenters. The smallest absolute Gasteiger partial charge is 0.289 e. The maximum atomic E-state index is 12.2. The number of aromatic nitrogens is 2. The number of nitrogens with zero attached hydrogens (tertiary/aromatic N) is 3. The number of aliphatic hydroxyl groups excluding tert-OH is 1. The molecule has 23 heavy (non-hydrogen) atoms. The second kappa shape index (κ2) is 6.45. The van der Waals surface area contributed by atoms with Crippen LogP contribution in [-0.2, 0) is 13.2 Å². The number of benzene rings is 1. The average Bonchev–Trinajstić information content (AvgIpc) is 3.24. The monoisotopic (exact) mass is 313 g/mol. The number of hydrogen-bond donors (Lipinski definition) is 1. The van der Waals surface area contributed by atoms with Crippen LogP contribution in [0.4, 0.5) is 0 Å². The van der Waals surface area contributed by atoms with Crippen LogP contribution in [0.3, 0.4) is 0 Å². The van der Waals surface area contributed by atoms with E-state index < -0.39 is 0 Å². The number of furan rings is 1. The Labute approximate surface area is 132 Å². The molecule has 1 N–H and O–H groups in total. The van der Waals surface area contributed by atoms with Gasteiger partial charge in [-0.25, -0.2) is 0 Å². The number of amides is 1. The number of rotatable bonds is 5. The van der Waals surface area contributed by atoms with Crippen LogP contribution in [0, 0.1) is 0 Å². The van der Waals surface area contributed by atoms with Gasteiger partial charge in [-0.15, -0.1) is 0 Å². The topological polar surface area (TPSA) is 92.6 Å². The van der Waals surface area contributed by atoms with Crippen LogP contribution in [0.25, 0.3) is 11.4 Å². The first kappa shape index (κ1) is 15.0. The van der Waals surface area contributed by atoms with E-state index in [1.54, 1.807) is 13.1 Å². The first-order chi connectivity index (χ1) is 11.2. The van der Waals surface area contributed by atoms with E-state index in [0.29, 0.717) is 17.5 Å². The summed E-state index contributed by atoms with van der Waals surface area (Å²) in [5.74, 6) is 0.963. The minimum absolute atomic E-state index is 0.152. The molecule has 0 saturated heterocycles. The largest absolute Gasteiger partial charge is 0.453 e. The summed E-state index contributed by atoms with van der Waals surface area (Å²) in [6.07, 6.45) is 0. The summed E-state index contributed by atoms with van der Waals surface area (Å²) in [6, 6.07) is 12.5. The molecule has 2 heterocycles. The van der Waals surface area contributed by atoms with Gasteiger partial charge in [0.05, 0.1) is 0 Å². The van der Waals surface area contributed by atoms with E-state index in [-0.39, 0.29) is 24.8 Å². The van der Waals surface area contributed by atoms with Crippen LogP contribution >= 0.6 is 0 Å². The van der Waals surface area contributed by atoms with Gasteiger partial charge in [-0.2, -0.15) is 4.98 Å². The molecule has 0 aliphatic heterocycles. The molecule has 0 atom stereocenters. The first-order valence-electron chi connectivity index (χ1n) is 7.00. The molecule has 0 aliphatic carbocycles. The Bertz CT molecular complexity index is 795. The van der Waals surface area contributed by atoms with Gasteiger partial charge in [-0.3, -0.25) is 4.79 Å². The van der Waals surface area contributed by atoms with Crippen LogP contribution in [0.2, 0.25) is 0 Å². The molecular formula is C16H15N3O4. The van der Waals surface area contributed by atoms with Crippen molar-refractivity contribution in [3.8, 4) is 11.4 Å². The van der Waals surface area contributed by atoms with Gasteiger partial charge in [-0.1, -0.05) is 35.5 Å². The van der Waals surface area contributed by atoms with E-state index in [1.807, 2.05) is 30.3 Å². The molecule has 0 bridgehead atoms. The van der Waals surface area contributed by atoms with Crippen LogP contribution in [0.5, 0.6) is 0 Å². The predicted octanol–water partition coefficient (Wildman–Crippen LogP) is 2.09. The number of carbonyl (C=O) groups is 1. The quantitative estimate of drug-likeness (QED) is 0.775. The lowest BCUT2D eigenvalue weighted by Gasteiger charge is -2.12. The summed E-state index contributed by atoms with van der Waals surface area (Å²) in [7, 11) is 1.61. The Morgan fingerprint density at radius 3 is 2.70 bits per heavy atom. The molecule has 0 spiro atoms. The van der Waals surface area contributed by atoms with E-state index in [1.165, 1.54) is 11.0 Å². The highest BCUT2D eigenvalue weighted by Crippen LogP contribution is 2.16. The molecule has 1 amide bonds.